The maximum absolute atomic E-state index is 12.5. The summed E-state index contributed by atoms with van der Waals surface area (Å²) >= 11 is 0. The van der Waals surface area contributed by atoms with Gasteiger partial charge in [0.15, 0.2) is 0 Å². The smallest absolute Gasteiger partial charge is 0.270 e. The summed E-state index contributed by atoms with van der Waals surface area (Å²) in [5.41, 5.74) is 0.353. The summed E-state index contributed by atoms with van der Waals surface area (Å²) in [4.78, 5) is 27.0. The van der Waals surface area contributed by atoms with Crippen molar-refractivity contribution < 1.29 is 9.72 Å². The van der Waals surface area contributed by atoms with Crippen LogP contribution in [0.5, 0.6) is 0 Å². The van der Waals surface area contributed by atoms with Gasteiger partial charge in [-0.25, -0.2) is 0 Å². The molecule has 0 bridgehead atoms. The van der Waals surface area contributed by atoms with E-state index in [2.05, 4.69) is 10.2 Å². The lowest BCUT2D eigenvalue weighted by Gasteiger charge is -2.37. The molecule has 7 nitrogen and oxygen atoms in total. The highest BCUT2D eigenvalue weighted by Crippen LogP contribution is 2.17. The maximum atomic E-state index is 12.5. The Bertz CT molecular complexity index is 570. The normalized spacial score (nSPS) is 21.7. The summed E-state index contributed by atoms with van der Waals surface area (Å²) in [6.07, 6.45) is 1.17. The van der Waals surface area contributed by atoms with Crippen molar-refractivity contribution in [3.8, 4) is 0 Å². The first-order valence-electron chi connectivity index (χ1n) is 7.63. The Hall–Kier alpha value is -1.70. The molecule has 2 fully saturated rings. The fraction of sp³-hybridized carbons (Fsp3) is 0.533. The minimum absolute atomic E-state index is 0. The Morgan fingerprint density at radius 3 is 2.61 bits per heavy atom. The number of nitro groups is 1. The topological polar surface area (TPSA) is 78.7 Å². The van der Waals surface area contributed by atoms with Gasteiger partial charge >= 0.3 is 0 Å². The summed E-state index contributed by atoms with van der Waals surface area (Å²) < 4.78 is 0. The summed E-state index contributed by atoms with van der Waals surface area (Å²) in [7, 11) is 0. The Morgan fingerprint density at radius 1 is 1.26 bits per heavy atom. The van der Waals surface area contributed by atoms with Crippen molar-refractivity contribution in [3.05, 3.63) is 39.9 Å². The first-order chi connectivity index (χ1) is 10.6. The van der Waals surface area contributed by atoms with E-state index in [0.717, 1.165) is 26.2 Å². The zero-order valence-corrected chi connectivity index (χ0v) is 13.6. The van der Waals surface area contributed by atoms with Gasteiger partial charge in [-0.1, -0.05) is 6.07 Å². The number of hydrogen-bond donors (Lipinski definition) is 1. The van der Waals surface area contributed by atoms with Crippen LogP contribution in [-0.2, 0) is 0 Å². The molecule has 2 heterocycles. The molecule has 2 aliphatic heterocycles. The Labute approximate surface area is 141 Å². The van der Waals surface area contributed by atoms with Crippen molar-refractivity contribution in [3.63, 3.8) is 0 Å². The molecule has 1 atom stereocenters. The lowest BCUT2D eigenvalue weighted by Crippen LogP contribution is -2.52. The Morgan fingerprint density at radius 2 is 2.00 bits per heavy atom. The third-order valence-corrected chi connectivity index (χ3v) is 4.46. The summed E-state index contributed by atoms with van der Waals surface area (Å²) in [5, 5.41) is 14.2. The molecule has 0 aromatic heterocycles. The van der Waals surface area contributed by atoms with Gasteiger partial charge in [0.05, 0.1) is 4.92 Å². The number of rotatable bonds is 3. The van der Waals surface area contributed by atoms with Crippen LogP contribution in [0.3, 0.4) is 0 Å². The second-order valence-corrected chi connectivity index (χ2v) is 5.78. The molecule has 0 spiro atoms. The van der Waals surface area contributed by atoms with E-state index >= 15 is 0 Å². The van der Waals surface area contributed by atoms with Crippen LogP contribution < -0.4 is 5.32 Å². The van der Waals surface area contributed by atoms with Gasteiger partial charge in [0.2, 0.25) is 0 Å². The van der Waals surface area contributed by atoms with Crippen LogP contribution in [0.4, 0.5) is 5.69 Å². The molecular weight excluding hydrogens is 320 g/mol. The first-order valence-corrected chi connectivity index (χ1v) is 7.63. The van der Waals surface area contributed by atoms with Gasteiger partial charge in [-0.3, -0.25) is 19.8 Å². The molecular formula is C15H21ClN4O3. The van der Waals surface area contributed by atoms with E-state index < -0.39 is 4.92 Å². The monoisotopic (exact) mass is 340 g/mol. The third-order valence-electron chi connectivity index (χ3n) is 4.46. The second-order valence-electron chi connectivity index (χ2n) is 5.78. The minimum atomic E-state index is -0.470. The van der Waals surface area contributed by atoms with E-state index in [1.807, 2.05) is 0 Å². The number of nitrogens with zero attached hydrogens (tertiary/aromatic N) is 3. The quantitative estimate of drug-likeness (QED) is 0.659. The SMILES string of the molecule is Cl.O=C(c1cccc([N+](=O)[O-])c1)N1CCN(C2CCNC2)CC1. The number of amides is 1. The highest BCUT2D eigenvalue weighted by molar-refractivity contribution is 5.94. The predicted molar refractivity (Wildman–Crippen MR) is 89.1 cm³/mol. The average Bonchev–Trinajstić information content (AvgIpc) is 3.09. The van der Waals surface area contributed by atoms with Crippen LogP contribution in [0.2, 0.25) is 0 Å². The van der Waals surface area contributed by atoms with Gasteiger partial charge in [0.25, 0.3) is 11.6 Å². The van der Waals surface area contributed by atoms with Crippen LogP contribution in [0.25, 0.3) is 0 Å². The van der Waals surface area contributed by atoms with E-state index in [9.17, 15) is 14.9 Å². The molecule has 1 N–H and O–H groups in total. The second kappa shape index (κ2) is 7.72. The van der Waals surface area contributed by atoms with E-state index in [-0.39, 0.29) is 24.0 Å². The number of nitrogens with one attached hydrogen (secondary N) is 1. The summed E-state index contributed by atoms with van der Waals surface area (Å²) in [6.45, 7) is 5.19. The Balaban J connectivity index is 0.00000192. The minimum Gasteiger partial charge on any atom is -0.336 e. The maximum Gasteiger partial charge on any atom is 0.270 e. The Kier molecular flexibility index (Phi) is 5.92. The standard InChI is InChI=1S/C15H20N4O3.ClH/c20-15(12-2-1-3-13(10-12)19(21)22)18-8-6-17(7-9-18)14-4-5-16-11-14;/h1-3,10,14,16H,4-9,11H2;1H. The average molecular weight is 341 g/mol. The van der Waals surface area contributed by atoms with Crippen LogP contribution in [0.15, 0.2) is 24.3 Å². The first kappa shape index (κ1) is 17.7. The van der Waals surface area contributed by atoms with Crippen LogP contribution in [0.1, 0.15) is 16.8 Å². The molecule has 0 radical (unpaired) electrons. The molecule has 2 aliphatic rings. The van der Waals surface area contributed by atoms with Gasteiger partial charge in [-0.15, -0.1) is 12.4 Å². The summed E-state index contributed by atoms with van der Waals surface area (Å²) in [6, 6.07) is 6.54. The van der Waals surface area contributed by atoms with Crippen molar-refractivity contribution in [1.29, 1.82) is 0 Å². The van der Waals surface area contributed by atoms with Crippen molar-refractivity contribution in [2.75, 3.05) is 39.3 Å². The number of carbonyl (C=O) groups excluding carboxylic acids is 1. The fourth-order valence-electron chi connectivity index (χ4n) is 3.18. The van der Waals surface area contributed by atoms with Crippen molar-refractivity contribution in [1.82, 2.24) is 15.1 Å². The number of benzene rings is 1. The number of nitro benzene ring substituents is 1. The largest absolute Gasteiger partial charge is 0.336 e. The van der Waals surface area contributed by atoms with E-state index in [1.54, 1.807) is 17.0 Å². The van der Waals surface area contributed by atoms with Crippen molar-refractivity contribution in [2.45, 2.75) is 12.5 Å². The highest BCUT2D eigenvalue weighted by Gasteiger charge is 2.28. The third kappa shape index (κ3) is 3.99. The van der Waals surface area contributed by atoms with E-state index in [4.69, 9.17) is 0 Å². The molecule has 1 amide bonds. The lowest BCUT2D eigenvalue weighted by atomic mass is 10.1. The molecule has 8 heteroatoms. The number of halogens is 1. The molecule has 1 unspecified atom stereocenters. The highest BCUT2D eigenvalue weighted by atomic mass is 35.5. The molecule has 126 valence electrons. The zero-order chi connectivity index (χ0) is 15.5. The molecule has 0 saturated carbocycles. The molecule has 1 aromatic rings. The lowest BCUT2D eigenvalue weighted by molar-refractivity contribution is -0.384. The number of piperazine rings is 1. The van der Waals surface area contributed by atoms with Crippen LogP contribution in [-0.4, -0.2) is 65.9 Å². The van der Waals surface area contributed by atoms with Gasteiger partial charge in [0, 0.05) is 56.5 Å². The van der Waals surface area contributed by atoms with Gasteiger partial charge in [0.1, 0.15) is 0 Å². The predicted octanol–water partition coefficient (Wildman–Crippen LogP) is 1.14. The van der Waals surface area contributed by atoms with Crippen molar-refractivity contribution in [2.24, 2.45) is 0 Å². The van der Waals surface area contributed by atoms with Gasteiger partial charge in [-0.05, 0) is 19.0 Å². The van der Waals surface area contributed by atoms with Gasteiger partial charge < -0.3 is 10.2 Å². The molecule has 3 rings (SSSR count). The van der Waals surface area contributed by atoms with E-state index in [1.165, 1.54) is 18.6 Å². The van der Waals surface area contributed by atoms with Gasteiger partial charge in [-0.2, -0.15) is 0 Å². The van der Waals surface area contributed by atoms with Crippen LogP contribution in [0, 0.1) is 10.1 Å². The fourth-order valence-corrected chi connectivity index (χ4v) is 3.18. The number of carbonyl (C=O) groups is 1. The van der Waals surface area contributed by atoms with E-state index in [0.29, 0.717) is 24.7 Å². The van der Waals surface area contributed by atoms with Crippen LogP contribution >= 0.6 is 12.4 Å². The zero-order valence-electron chi connectivity index (χ0n) is 12.8. The molecule has 23 heavy (non-hydrogen) atoms. The molecule has 0 aliphatic carbocycles. The number of hydrogen-bond acceptors (Lipinski definition) is 5. The summed E-state index contributed by atoms with van der Waals surface area (Å²) in [5.74, 6) is -0.118. The molecule has 2 saturated heterocycles. The molecule has 1 aromatic carbocycles. The van der Waals surface area contributed by atoms with Crippen molar-refractivity contribution >= 4 is 24.0 Å². The number of non-ortho nitro benzene ring substituents is 1.